The third-order valence-electron chi connectivity index (χ3n) is 3.22. The Morgan fingerprint density at radius 1 is 1.39 bits per heavy atom. The molecule has 1 aromatic rings. The lowest BCUT2D eigenvalue weighted by Gasteiger charge is -2.17. The Bertz CT molecular complexity index is 527. The number of urea groups is 1. The van der Waals surface area contributed by atoms with Crippen LogP contribution in [0.2, 0.25) is 5.02 Å². The number of anilines is 1. The summed E-state index contributed by atoms with van der Waals surface area (Å²) >= 11 is 7.50. The van der Waals surface area contributed by atoms with Gasteiger partial charge in [0.05, 0.1) is 11.6 Å². The standard InChI is InChI=1S/C12H11ClN2O2S/c1-7-4-8(13)2-3-9(7)15-11(16)10-5-18-6-14(10)12(15)17/h2-4,10H,5-6H2,1H3. The van der Waals surface area contributed by atoms with Crippen molar-refractivity contribution in [1.82, 2.24) is 4.90 Å². The molecule has 0 radical (unpaired) electrons. The van der Waals surface area contributed by atoms with E-state index < -0.39 is 0 Å². The average molecular weight is 283 g/mol. The number of carbonyl (C=O) groups is 2. The maximum atomic E-state index is 12.3. The van der Waals surface area contributed by atoms with Crippen molar-refractivity contribution in [2.24, 2.45) is 0 Å². The summed E-state index contributed by atoms with van der Waals surface area (Å²) in [6.45, 7) is 1.85. The minimum atomic E-state index is -0.294. The molecule has 94 valence electrons. The SMILES string of the molecule is Cc1cc(Cl)ccc1N1C(=O)C2CSCN2C1=O. The maximum absolute atomic E-state index is 12.3. The van der Waals surface area contributed by atoms with Gasteiger partial charge in [-0.1, -0.05) is 11.6 Å². The third-order valence-corrected chi connectivity index (χ3v) is 4.47. The number of benzene rings is 1. The van der Waals surface area contributed by atoms with Crippen LogP contribution in [-0.2, 0) is 4.79 Å². The van der Waals surface area contributed by atoms with Crippen LogP contribution in [0.15, 0.2) is 18.2 Å². The number of nitrogens with zero attached hydrogens (tertiary/aromatic N) is 2. The molecule has 6 heteroatoms. The fourth-order valence-electron chi connectivity index (χ4n) is 2.30. The highest BCUT2D eigenvalue weighted by Gasteiger charge is 2.48. The largest absolute Gasteiger partial charge is 0.332 e. The molecule has 1 atom stereocenters. The Morgan fingerprint density at radius 2 is 2.17 bits per heavy atom. The van der Waals surface area contributed by atoms with Crippen LogP contribution < -0.4 is 4.90 Å². The number of carbonyl (C=O) groups excluding carboxylic acids is 2. The number of thioether (sulfide) groups is 1. The van der Waals surface area contributed by atoms with Crippen LogP contribution in [0.25, 0.3) is 0 Å². The van der Waals surface area contributed by atoms with Gasteiger partial charge in [-0.2, -0.15) is 0 Å². The van der Waals surface area contributed by atoms with Gasteiger partial charge in [0.1, 0.15) is 6.04 Å². The molecule has 0 aromatic heterocycles. The molecule has 0 bridgehead atoms. The smallest absolute Gasteiger partial charge is 0.302 e. The molecule has 1 unspecified atom stereocenters. The van der Waals surface area contributed by atoms with Gasteiger partial charge < -0.3 is 4.90 Å². The minimum absolute atomic E-state index is 0.129. The van der Waals surface area contributed by atoms with Crippen molar-refractivity contribution in [2.45, 2.75) is 13.0 Å². The molecule has 2 fully saturated rings. The molecule has 2 aliphatic rings. The normalized spacial score (nSPS) is 22.9. The highest BCUT2D eigenvalue weighted by Crippen LogP contribution is 2.34. The summed E-state index contributed by atoms with van der Waals surface area (Å²) in [6.07, 6.45) is 0. The molecule has 2 saturated heterocycles. The molecule has 2 heterocycles. The zero-order valence-corrected chi connectivity index (χ0v) is 11.3. The Hall–Kier alpha value is -1.20. The van der Waals surface area contributed by atoms with Gasteiger partial charge in [0.2, 0.25) is 0 Å². The predicted molar refractivity (Wildman–Crippen MR) is 72.0 cm³/mol. The van der Waals surface area contributed by atoms with Crippen molar-refractivity contribution >= 4 is 41.0 Å². The van der Waals surface area contributed by atoms with E-state index in [2.05, 4.69) is 0 Å². The van der Waals surface area contributed by atoms with E-state index in [1.54, 1.807) is 34.9 Å². The molecule has 0 saturated carbocycles. The maximum Gasteiger partial charge on any atom is 0.332 e. The Morgan fingerprint density at radius 3 is 2.83 bits per heavy atom. The van der Waals surface area contributed by atoms with E-state index in [9.17, 15) is 9.59 Å². The summed E-state index contributed by atoms with van der Waals surface area (Å²) < 4.78 is 0. The van der Waals surface area contributed by atoms with Gasteiger partial charge in [-0.3, -0.25) is 4.79 Å². The lowest BCUT2D eigenvalue weighted by molar-refractivity contribution is -0.118. The van der Waals surface area contributed by atoms with Gasteiger partial charge in [0.25, 0.3) is 5.91 Å². The first-order valence-electron chi connectivity index (χ1n) is 5.58. The first kappa shape index (κ1) is 11.9. The fourth-order valence-corrected chi connectivity index (χ4v) is 3.66. The van der Waals surface area contributed by atoms with Crippen LogP contribution in [0.4, 0.5) is 10.5 Å². The Kier molecular flexibility index (Phi) is 2.75. The van der Waals surface area contributed by atoms with Crippen LogP contribution in [-0.4, -0.2) is 34.5 Å². The molecule has 0 spiro atoms. The topological polar surface area (TPSA) is 40.6 Å². The molecular weight excluding hydrogens is 272 g/mol. The second-order valence-corrected chi connectivity index (χ2v) is 5.81. The highest BCUT2D eigenvalue weighted by molar-refractivity contribution is 7.99. The number of hydrogen-bond donors (Lipinski definition) is 0. The molecule has 4 nitrogen and oxygen atoms in total. The summed E-state index contributed by atoms with van der Waals surface area (Å²) in [4.78, 5) is 27.4. The number of hydrogen-bond acceptors (Lipinski definition) is 3. The summed E-state index contributed by atoms with van der Waals surface area (Å²) in [5, 5.41) is 0.603. The van der Waals surface area contributed by atoms with Gasteiger partial charge in [0, 0.05) is 10.8 Å². The number of amides is 3. The van der Waals surface area contributed by atoms with Crippen LogP contribution in [0.3, 0.4) is 0 Å². The van der Waals surface area contributed by atoms with E-state index in [0.29, 0.717) is 22.3 Å². The molecule has 3 rings (SSSR count). The molecule has 0 N–H and O–H groups in total. The van der Waals surface area contributed by atoms with Crippen molar-refractivity contribution in [2.75, 3.05) is 16.5 Å². The third kappa shape index (κ3) is 1.61. The average Bonchev–Trinajstić information content (AvgIpc) is 2.87. The van der Waals surface area contributed by atoms with Crippen molar-refractivity contribution in [1.29, 1.82) is 0 Å². The van der Waals surface area contributed by atoms with Crippen molar-refractivity contribution in [3.8, 4) is 0 Å². The summed E-state index contributed by atoms with van der Waals surface area (Å²) in [6, 6.07) is 4.67. The lowest BCUT2D eigenvalue weighted by atomic mass is 10.2. The number of halogens is 1. The summed E-state index contributed by atoms with van der Waals surface area (Å²) in [7, 11) is 0. The fraction of sp³-hybridized carbons (Fsp3) is 0.333. The van der Waals surface area contributed by atoms with E-state index in [-0.39, 0.29) is 18.0 Å². The van der Waals surface area contributed by atoms with Gasteiger partial charge in [-0.05, 0) is 30.7 Å². The first-order valence-corrected chi connectivity index (χ1v) is 7.11. The quantitative estimate of drug-likeness (QED) is 0.743. The molecular formula is C12H11ClN2O2S. The monoisotopic (exact) mass is 282 g/mol. The van der Waals surface area contributed by atoms with Crippen LogP contribution in [0.5, 0.6) is 0 Å². The second kappa shape index (κ2) is 4.17. The van der Waals surface area contributed by atoms with E-state index >= 15 is 0 Å². The summed E-state index contributed by atoms with van der Waals surface area (Å²) in [5.74, 6) is 1.15. The van der Waals surface area contributed by atoms with E-state index in [0.717, 1.165) is 5.56 Å². The molecule has 18 heavy (non-hydrogen) atoms. The van der Waals surface area contributed by atoms with Gasteiger partial charge in [-0.25, -0.2) is 9.69 Å². The number of fused-ring (bicyclic) bond motifs is 1. The zero-order chi connectivity index (χ0) is 12.9. The van der Waals surface area contributed by atoms with Crippen LogP contribution in [0, 0.1) is 6.92 Å². The van der Waals surface area contributed by atoms with Gasteiger partial charge in [-0.15, -0.1) is 11.8 Å². The molecule has 3 amide bonds. The zero-order valence-electron chi connectivity index (χ0n) is 9.72. The van der Waals surface area contributed by atoms with E-state index in [1.165, 1.54) is 4.90 Å². The van der Waals surface area contributed by atoms with Crippen molar-refractivity contribution < 1.29 is 9.59 Å². The van der Waals surface area contributed by atoms with Crippen molar-refractivity contribution in [3.63, 3.8) is 0 Å². The number of imide groups is 1. The first-order chi connectivity index (χ1) is 8.59. The second-order valence-electron chi connectivity index (χ2n) is 4.37. The molecule has 2 aliphatic heterocycles. The molecule has 1 aromatic carbocycles. The van der Waals surface area contributed by atoms with Crippen LogP contribution >= 0.6 is 23.4 Å². The Balaban J connectivity index is 2.02. The summed E-state index contributed by atoms with van der Waals surface area (Å²) in [5.41, 5.74) is 1.46. The number of aryl methyl sites for hydroxylation is 1. The lowest BCUT2D eigenvalue weighted by Crippen LogP contribution is -2.33. The predicted octanol–water partition coefficient (Wildman–Crippen LogP) is 2.49. The Labute approximate surface area is 114 Å². The number of rotatable bonds is 1. The van der Waals surface area contributed by atoms with E-state index in [1.807, 2.05) is 6.92 Å². The van der Waals surface area contributed by atoms with Gasteiger partial charge in [0.15, 0.2) is 0 Å². The van der Waals surface area contributed by atoms with Gasteiger partial charge >= 0.3 is 6.03 Å². The minimum Gasteiger partial charge on any atom is -0.302 e. The van der Waals surface area contributed by atoms with E-state index in [4.69, 9.17) is 11.6 Å². The van der Waals surface area contributed by atoms with Crippen molar-refractivity contribution in [3.05, 3.63) is 28.8 Å². The van der Waals surface area contributed by atoms with Crippen LogP contribution in [0.1, 0.15) is 5.56 Å². The highest BCUT2D eigenvalue weighted by atomic mass is 35.5. The molecule has 0 aliphatic carbocycles.